The Balaban J connectivity index is 2.47. The lowest BCUT2D eigenvalue weighted by atomic mass is 9.99. The lowest BCUT2D eigenvalue weighted by molar-refractivity contribution is 0.165. The van der Waals surface area contributed by atoms with Gasteiger partial charge in [-0.15, -0.1) is 6.58 Å². The van der Waals surface area contributed by atoms with Gasteiger partial charge in [0.1, 0.15) is 0 Å². The predicted octanol–water partition coefficient (Wildman–Crippen LogP) is 3.25. The monoisotopic (exact) mass is 204 g/mol. The van der Waals surface area contributed by atoms with Crippen molar-refractivity contribution in [2.45, 2.75) is 39.2 Å². The molecule has 15 heavy (non-hydrogen) atoms. The highest BCUT2D eigenvalue weighted by atomic mass is 16.3. The first-order valence-corrected chi connectivity index (χ1v) is 5.46. The van der Waals surface area contributed by atoms with Gasteiger partial charge in [0.15, 0.2) is 0 Å². The summed E-state index contributed by atoms with van der Waals surface area (Å²) in [5.41, 5.74) is 3.64. The van der Waals surface area contributed by atoms with E-state index in [1.807, 2.05) is 19.1 Å². The van der Waals surface area contributed by atoms with Crippen LogP contribution in [0.2, 0.25) is 0 Å². The second-order valence-electron chi connectivity index (χ2n) is 4.28. The molecule has 82 valence electrons. The fraction of sp³-hybridized carbons (Fsp3) is 0.429. The minimum Gasteiger partial charge on any atom is -0.393 e. The fourth-order valence-corrected chi connectivity index (χ4v) is 1.61. The third-order valence-electron chi connectivity index (χ3n) is 2.62. The van der Waals surface area contributed by atoms with Crippen LogP contribution in [0.3, 0.4) is 0 Å². The van der Waals surface area contributed by atoms with Gasteiger partial charge in [-0.1, -0.05) is 29.8 Å². The third kappa shape index (κ3) is 4.30. The summed E-state index contributed by atoms with van der Waals surface area (Å²) in [4.78, 5) is 0. The van der Waals surface area contributed by atoms with Crippen molar-refractivity contribution in [3.05, 3.63) is 47.5 Å². The molecule has 0 fully saturated rings. The van der Waals surface area contributed by atoms with E-state index in [1.165, 1.54) is 11.1 Å². The first-order valence-electron chi connectivity index (χ1n) is 5.46. The Morgan fingerprint density at radius 1 is 1.40 bits per heavy atom. The smallest absolute Gasteiger partial charge is 0.0583 e. The summed E-state index contributed by atoms with van der Waals surface area (Å²) in [7, 11) is 0. The largest absolute Gasteiger partial charge is 0.393 e. The van der Waals surface area contributed by atoms with Crippen molar-refractivity contribution in [3.8, 4) is 0 Å². The molecular formula is C14H20O. The van der Waals surface area contributed by atoms with Crippen molar-refractivity contribution in [2.75, 3.05) is 0 Å². The van der Waals surface area contributed by atoms with Gasteiger partial charge in [0, 0.05) is 0 Å². The maximum Gasteiger partial charge on any atom is 0.0583 e. The zero-order valence-corrected chi connectivity index (χ0v) is 9.66. The van der Waals surface area contributed by atoms with Crippen molar-refractivity contribution >= 4 is 0 Å². The van der Waals surface area contributed by atoms with Crippen LogP contribution in [0, 0.1) is 6.92 Å². The number of benzene rings is 1. The van der Waals surface area contributed by atoms with Crippen LogP contribution in [-0.4, -0.2) is 11.2 Å². The summed E-state index contributed by atoms with van der Waals surface area (Å²) >= 11 is 0. The van der Waals surface area contributed by atoms with Crippen molar-refractivity contribution in [1.29, 1.82) is 0 Å². The first kappa shape index (κ1) is 12.0. The maximum absolute atomic E-state index is 9.83. The SMILES string of the molecule is C=C(C)CCC(O)Cc1ccccc1C. The maximum atomic E-state index is 9.83. The van der Waals surface area contributed by atoms with Crippen LogP contribution in [0.15, 0.2) is 36.4 Å². The summed E-state index contributed by atoms with van der Waals surface area (Å²) in [5, 5.41) is 9.83. The van der Waals surface area contributed by atoms with E-state index in [1.54, 1.807) is 0 Å². The zero-order chi connectivity index (χ0) is 11.3. The Morgan fingerprint density at radius 3 is 2.67 bits per heavy atom. The zero-order valence-electron chi connectivity index (χ0n) is 9.66. The van der Waals surface area contributed by atoms with Gasteiger partial charge in [-0.3, -0.25) is 0 Å². The molecule has 0 spiro atoms. The molecule has 1 N–H and O–H groups in total. The van der Waals surface area contributed by atoms with E-state index in [4.69, 9.17) is 0 Å². The molecule has 0 radical (unpaired) electrons. The van der Waals surface area contributed by atoms with Gasteiger partial charge < -0.3 is 5.11 Å². The molecule has 1 heteroatoms. The van der Waals surface area contributed by atoms with E-state index in [0.29, 0.717) is 0 Å². The molecule has 0 heterocycles. The topological polar surface area (TPSA) is 20.2 Å². The molecule has 1 unspecified atom stereocenters. The molecule has 0 saturated heterocycles. The number of rotatable bonds is 5. The highest BCUT2D eigenvalue weighted by Gasteiger charge is 2.06. The number of aliphatic hydroxyl groups excluding tert-OH is 1. The molecule has 1 aromatic rings. The fourth-order valence-electron chi connectivity index (χ4n) is 1.61. The molecule has 1 atom stereocenters. The number of allylic oxidation sites excluding steroid dienone is 1. The standard InChI is InChI=1S/C14H20O/c1-11(2)8-9-14(15)10-13-7-5-4-6-12(13)3/h4-7,14-15H,1,8-10H2,2-3H3. The molecular weight excluding hydrogens is 184 g/mol. The molecule has 0 aromatic heterocycles. The lowest BCUT2D eigenvalue weighted by Crippen LogP contribution is -2.11. The second kappa shape index (κ2) is 5.72. The molecule has 0 amide bonds. The van der Waals surface area contributed by atoms with Crippen LogP contribution in [0.5, 0.6) is 0 Å². The summed E-state index contributed by atoms with van der Waals surface area (Å²) < 4.78 is 0. The van der Waals surface area contributed by atoms with E-state index < -0.39 is 0 Å². The number of aliphatic hydroxyl groups is 1. The van der Waals surface area contributed by atoms with Crippen molar-refractivity contribution in [3.63, 3.8) is 0 Å². The van der Waals surface area contributed by atoms with Crippen LogP contribution in [0.25, 0.3) is 0 Å². The van der Waals surface area contributed by atoms with Gasteiger partial charge in [-0.2, -0.15) is 0 Å². The van der Waals surface area contributed by atoms with Gasteiger partial charge in [0.25, 0.3) is 0 Å². The van der Waals surface area contributed by atoms with E-state index in [2.05, 4.69) is 25.6 Å². The van der Waals surface area contributed by atoms with Gasteiger partial charge in [0.2, 0.25) is 0 Å². The highest BCUT2D eigenvalue weighted by molar-refractivity contribution is 5.26. The molecule has 0 aliphatic rings. The summed E-state index contributed by atoms with van der Waals surface area (Å²) in [5.74, 6) is 0. The molecule has 0 aliphatic heterocycles. The average molecular weight is 204 g/mol. The Hall–Kier alpha value is -1.08. The van der Waals surface area contributed by atoms with Crippen molar-refractivity contribution in [2.24, 2.45) is 0 Å². The lowest BCUT2D eigenvalue weighted by Gasteiger charge is -2.12. The van der Waals surface area contributed by atoms with Gasteiger partial charge in [-0.05, 0) is 44.2 Å². The third-order valence-corrected chi connectivity index (χ3v) is 2.62. The average Bonchev–Trinajstić information content (AvgIpc) is 2.18. The summed E-state index contributed by atoms with van der Waals surface area (Å²) in [6, 6.07) is 8.22. The minimum atomic E-state index is -0.247. The summed E-state index contributed by atoms with van der Waals surface area (Å²) in [6.45, 7) is 7.93. The van der Waals surface area contributed by atoms with E-state index >= 15 is 0 Å². The van der Waals surface area contributed by atoms with E-state index in [9.17, 15) is 5.11 Å². The number of hydrogen-bond acceptors (Lipinski definition) is 1. The summed E-state index contributed by atoms with van der Waals surface area (Å²) in [6.07, 6.45) is 2.22. The molecule has 0 bridgehead atoms. The molecule has 1 rings (SSSR count). The van der Waals surface area contributed by atoms with Gasteiger partial charge in [0.05, 0.1) is 6.10 Å². The van der Waals surface area contributed by atoms with E-state index in [-0.39, 0.29) is 6.10 Å². The van der Waals surface area contributed by atoms with Gasteiger partial charge >= 0.3 is 0 Å². The Bertz CT molecular complexity index is 328. The molecule has 1 aromatic carbocycles. The minimum absolute atomic E-state index is 0.247. The predicted molar refractivity (Wildman–Crippen MR) is 64.9 cm³/mol. The van der Waals surface area contributed by atoms with Crippen LogP contribution in [0.4, 0.5) is 0 Å². The Labute approximate surface area is 92.5 Å². The van der Waals surface area contributed by atoms with Crippen LogP contribution >= 0.6 is 0 Å². The first-order chi connectivity index (χ1) is 7.09. The van der Waals surface area contributed by atoms with Crippen LogP contribution in [0.1, 0.15) is 30.9 Å². The van der Waals surface area contributed by atoms with Crippen LogP contribution in [-0.2, 0) is 6.42 Å². The van der Waals surface area contributed by atoms with Gasteiger partial charge in [-0.25, -0.2) is 0 Å². The normalized spacial score (nSPS) is 12.5. The Morgan fingerprint density at radius 2 is 2.07 bits per heavy atom. The molecule has 0 saturated carbocycles. The Kier molecular flexibility index (Phi) is 4.57. The molecule has 0 aliphatic carbocycles. The number of hydrogen-bond donors (Lipinski definition) is 1. The van der Waals surface area contributed by atoms with Crippen LogP contribution < -0.4 is 0 Å². The quantitative estimate of drug-likeness (QED) is 0.730. The second-order valence-corrected chi connectivity index (χ2v) is 4.28. The highest BCUT2D eigenvalue weighted by Crippen LogP contribution is 2.13. The van der Waals surface area contributed by atoms with Crippen molar-refractivity contribution < 1.29 is 5.11 Å². The van der Waals surface area contributed by atoms with E-state index in [0.717, 1.165) is 24.8 Å². The molecule has 1 nitrogen and oxygen atoms in total. The van der Waals surface area contributed by atoms with Crippen molar-refractivity contribution in [1.82, 2.24) is 0 Å². The number of aryl methyl sites for hydroxylation is 1.